The number of aromatic nitrogens is 1. The van der Waals surface area contributed by atoms with Crippen molar-refractivity contribution in [1.82, 2.24) is 4.57 Å². The van der Waals surface area contributed by atoms with Crippen LogP contribution in [0.2, 0.25) is 0 Å². The molecule has 0 saturated heterocycles. The van der Waals surface area contributed by atoms with E-state index in [1.165, 1.54) is 27.6 Å². The van der Waals surface area contributed by atoms with Crippen molar-refractivity contribution in [3.05, 3.63) is 127 Å². The van der Waals surface area contributed by atoms with E-state index in [0.717, 1.165) is 6.42 Å². The van der Waals surface area contributed by atoms with Crippen LogP contribution >= 0.6 is 0 Å². The molecule has 0 aliphatic heterocycles. The first-order chi connectivity index (χ1) is 12.9. The molecule has 0 saturated carbocycles. The third-order valence-electron chi connectivity index (χ3n) is 4.49. The Hall–Kier alpha value is -1.86. The van der Waals surface area contributed by atoms with Crippen LogP contribution in [0.4, 0.5) is 0 Å². The van der Waals surface area contributed by atoms with Crippen molar-refractivity contribution >= 4 is 10.8 Å². The van der Waals surface area contributed by atoms with Crippen LogP contribution in [-0.4, -0.2) is 4.57 Å². The molecule has 4 heteroatoms. The SMILES string of the molecule is [Cl-].[Cl-].[Zr+4].c1ccc(C[c-]2cccc2)cc1.c1ccc2[cH-]c(-n3cccc3)cc2c1. The van der Waals surface area contributed by atoms with Gasteiger partial charge in [-0.25, -0.2) is 12.1 Å². The molecule has 144 valence electrons. The summed E-state index contributed by atoms with van der Waals surface area (Å²) in [7, 11) is 0. The zero-order valence-electron chi connectivity index (χ0n) is 15.9. The van der Waals surface area contributed by atoms with Crippen LogP contribution in [0.3, 0.4) is 0 Å². The molecule has 0 spiro atoms. The van der Waals surface area contributed by atoms with Gasteiger partial charge in [0.2, 0.25) is 0 Å². The van der Waals surface area contributed by atoms with Crippen LogP contribution in [-0.2, 0) is 32.6 Å². The van der Waals surface area contributed by atoms with Gasteiger partial charge < -0.3 is 29.4 Å². The number of hydrogen-bond donors (Lipinski definition) is 0. The monoisotopic (exact) mass is 495 g/mol. The molecule has 1 nitrogen and oxygen atoms in total. The molecule has 0 unspecified atom stereocenters. The molecule has 29 heavy (non-hydrogen) atoms. The second kappa shape index (κ2) is 12.7. The topological polar surface area (TPSA) is 4.93 Å². The minimum Gasteiger partial charge on any atom is -1.00 e. The number of fused-ring (bicyclic) bond motifs is 1. The average Bonchev–Trinajstić information content (AvgIpc) is 3.44. The Balaban J connectivity index is 0.000000266. The Morgan fingerprint density at radius 3 is 2.00 bits per heavy atom. The number of benzene rings is 2. The van der Waals surface area contributed by atoms with Gasteiger partial charge >= 0.3 is 26.2 Å². The fourth-order valence-electron chi connectivity index (χ4n) is 3.15. The van der Waals surface area contributed by atoms with Gasteiger partial charge in [-0.15, -0.1) is 41.1 Å². The maximum absolute atomic E-state index is 2.20. The third-order valence-corrected chi connectivity index (χ3v) is 4.49. The number of halogens is 2. The van der Waals surface area contributed by atoms with Crippen LogP contribution in [0.5, 0.6) is 0 Å². The van der Waals surface area contributed by atoms with Gasteiger partial charge in [0.25, 0.3) is 0 Å². The van der Waals surface area contributed by atoms with Gasteiger partial charge in [0.1, 0.15) is 0 Å². The molecule has 0 bridgehead atoms. The number of rotatable bonds is 3. The molecule has 5 aromatic rings. The first-order valence-corrected chi connectivity index (χ1v) is 8.92. The molecule has 0 radical (unpaired) electrons. The second-order valence-electron chi connectivity index (χ2n) is 6.39. The van der Waals surface area contributed by atoms with Crippen molar-refractivity contribution in [2.75, 3.05) is 0 Å². The van der Waals surface area contributed by atoms with E-state index in [1.54, 1.807) is 0 Å². The van der Waals surface area contributed by atoms with Gasteiger partial charge in [-0.05, 0) is 24.2 Å². The van der Waals surface area contributed by atoms with Gasteiger partial charge in [-0.3, -0.25) is 0 Å². The maximum atomic E-state index is 2.20. The molecule has 0 amide bonds. The van der Waals surface area contributed by atoms with Crippen molar-refractivity contribution in [3.8, 4) is 5.69 Å². The summed E-state index contributed by atoms with van der Waals surface area (Å²) in [4.78, 5) is 0. The van der Waals surface area contributed by atoms with Gasteiger partial charge in [0.15, 0.2) is 0 Å². The molecular formula is C25H21Cl2NZr. The number of hydrogen-bond acceptors (Lipinski definition) is 0. The van der Waals surface area contributed by atoms with E-state index in [2.05, 4.69) is 108 Å². The summed E-state index contributed by atoms with van der Waals surface area (Å²) in [5.74, 6) is 0. The van der Waals surface area contributed by atoms with Crippen LogP contribution in [0.15, 0.2) is 116 Å². The zero-order valence-corrected chi connectivity index (χ0v) is 19.8. The minimum absolute atomic E-state index is 0. The van der Waals surface area contributed by atoms with Crippen LogP contribution in [0.1, 0.15) is 11.1 Å². The van der Waals surface area contributed by atoms with Gasteiger partial charge in [0, 0.05) is 12.4 Å². The Morgan fingerprint density at radius 2 is 1.34 bits per heavy atom. The second-order valence-corrected chi connectivity index (χ2v) is 6.39. The molecule has 0 aliphatic rings. The van der Waals surface area contributed by atoms with E-state index >= 15 is 0 Å². The summed E-state index contributed by atoms with van der Waals surface area (Å²) in [6.07, 6.45) is 5.18. The molecule has 0 N–H and O–H groups in total. The van der Waals surface area contributed by atoms with Crippen molar-refractivity contribution in [2.45, 2.75) is 6.42 Å². The first-order valence-electron chi connectivity index (χ1n) is 8.92. The summed E-state index contributed by atoms with van der Waals surface area (Å²) < 4.78 is 2.12. The van der Waals surface area contributed by atoms with Gasteiger partial charge in [0.05, 0.1) is 0 Å². The molecule has 0 aliphatic carbocycles. The smallest absolute Gasteiger partial charge is 1.00 e. The van der Waals surface area contributed by atoms with E-state index in [0.29, 0.717) is 0 Å². The van der Waals surface area contributed by atoms with E-state index < -0.39 is 0 Å². The van der Waals surface area contributed by atoms with E-state index in [4.69, 9.17) is 0 Å². The largest absolute Gasteiger partial charge is 4.00 e. The van der Waals surface area contributed by atoms with Crippen molar-refractivity contribution < 1.29 is 51.0 Å². The molecule has 5 rings (SSSR count). The van der Waals surface area contributed by atoms with Crippen LogP contribution in [0, 0.1) is 0 Å². The Bertz CT molecular complexity index is 1020. The molecule has 0 atom stereocenters. The predicted octanol–water partition coefficient (Wildman–Crippen LogP) is 0.351. The Labute approximate surface area is 204 Å². The number of nitrogens with zero attached hydrogens (tertiary/aromatic N) is 1. The fourth-order valence-corrected chi connectivity index (χ4v) is 3.15. The maximum Gasteiger partial charge on any atom is 4.00 e. The molecule has 4 aromatic carbocycles. The quantitative estimate of drug-likeness (QED) is 0.317. The van der Waals surface area contributed by atoms with Crippen LogP contribution in [0.25, 0.3) is 16.5 Å². The third kappa shape index (κ3) is 6.86. The molecule has 1 heterocycles. The fraction of sp³-hybridized carbons (Fsp3) is 0.0400. The summed E-state index contributed by atoms with van der Waals surface area (Å²) in [6.45, 7) is 0. The Kier molecular flexibility index (Phi) is 11.0. The zero-order chi connectivity index (χ0) is 17.6. The molecular weight excluding hydrogens is 476 g/mol. The van der Waals surface area contributed by atoms with Crippen molar-refractivity contribution in [3.63, 3.8) is 0 Å². The summed E-state index contributed by atoms with van der Waals surface area (Å²) >= 11 is 0. The van der Waals surface area contributed by atoms with Crippen molar-refractivity contribution in [1.29, 1.82) is 0 Å². The van der Waals surface area contributed by atoms with Crippen LogP contribution < -0.4 is 24.8 Å². The van der Waals surface area contributed by atoms with Gasteiger partial charge in [-0.1, -0.05) is 42.0 Å². The Morgan fingerprint density at radius 1 is 0.724 bits per heavy atom. The van der Waals surface area contributed by atoms with E-state index in [-0.39, 0.29) is 51.0 Å². The average molecular weight is 498 g/mol. The summed E-state index contributed by atoms with van der Waals surface area (Å²) in [5.41, 5.74) is 4.00. The van der Waals surface area contributed by atoms with Crippen molar-refractivity contribution in [2.24, 2.45) is 0 Å². The standard InChI is InChI=1S/C13H10N.C12H11.2ClH.Zr/c1-2-6-12-10-13(9-11(12)5-1)14-7-3-4-8-14;1-2-6-11(7-3-1)10-12-8-4-5-9-12;;;/h1-10H;1-9H,10H2;2*1H;/q2*-1;;;+4/p-2. The normalized spacial score (nSPS) is 9.38. The summed E-state index contributed by atoms with van der Waals surface area (Å²) in [6, 6.07) is 35.9. The minimum atomic E-state index is 0. The predicted molar refractivity (Wildman–Crippen MR) is 110 cm³/mol. The molecule has 1 aromatic heterocycles. The molecule has 0 fully saturated rings. The van der Waals surface area contributed by atoms with E-state index in [9.17, 15) is 0 Å². The van der Waals surface area contributed by atoms with Gasteiger partial charge in [-0.2, -0.15) is 17.7 Å². The summed E-state index contributed by atoms with van der Waals surface area (Å²) in [5, 5.41) is 2.60. The first kappa shape index (κ1) is 25.2. The van der Waals surface area contributed by atoms with E-state index in [1.807, 2.05) is 12.1 Å².